The highest BCUT2D eigenvalue weighted by molar-refractivity contribution is 5.59. The monoisotopic (exact) mass is 424 g/mol. The van der Waals surface area contributed by atoms with E-state index in [1.165, 1.54) is 0 Å². The Hall–Kier alpha value is -3.38. The molecule has 0 bridgehead atoms. The topological polar surface area (TPSA) is 55.4 Å². The molecule has 0 saturated heterocycles. The van der Waals surface area contributed by atoms with Crippen LogP contribution in [0.3, 0.4) is 0 Å². The Kier molecular flexibility index (Phi) is 6.92. The second-order valence-corrected chi connectivity index (χ2v) is 6.75. The largest absolute Gasteiger partial charge is 0.497 e. The van der Waals surface area contributed by atoms with Gasteiger partial charge in [-0.15, -0.1) is 0 Å². The van der Waals surface area contributed by atoms with Gasteiger partial charge in [0.1, 0.15) is 34.3 Å². The third kappa shape index (κ3) is 3.99. The van der Waals surface area contributed by atoms with E-state index in [2.05, 4.69) is 0 Å². The first-order chi connectivity index (χ1) is 15.1. The third-order valence-electron chi connectivity index (χ3n) is 5.38. The smallest absolute Gasteiger partial charge is 0.150 e. The Bertz CT molecular complexity index is 958. The Morgan fingerprint density at radius 2 is 0.903 bits per heavy atom. The minimum absolute atomic E-state index is 0.620. The maximum Gasteiger partial charge on any atom is 0.150 e. The van der Waals surface area contributed by atoms with E-state index in [1.54, 1.807) is 42.7 Å². The Morgan fingerprint density at radius 3 is 1.26 bits per heavy atom. The van der Waals surface area contributed by atoms with Crippen molar-refractivity contribution in [1.82, 2.24) is 0 Å². The summed E-state index contributed by atoms with van der Waals surface area (Å²) in [5, 5.41) is 0. The molecule has 164 valence electrons. The van der Waals surface area contributed by atoms with Gasteiger partial charge in [0.05, 0.1) is 35.5 Å². The van der Waals surface area contributed by atoms with Crippen LogP contribution < -0.4 is 23.7 Å². The zero-order chi connectivity index (χ0) is 22.4. The number of hydrogen-bond donors (Lipinski definition) is 0. The number of methoxy groups -OCH3 is 6. The van der Waals surface area contributed by atoms with Gasteiger partial charge < -0.3 is 28.4 Å². The Labute approximate surface area is 183 Å². The first kappa shape index (κ1) is 22.3. The fourth-order valence-electron chi connectivity index (χ4n) is 3.80. The summed E-state index contributed by atoms with van der Waals surface area (Å²) in [6.07, 6.45) is 0. The fourth-order valence-corrected chi connectivity index (χ4v) is 3.80. The summed E-state index contributed by atoms with van der Waals surface area (Å²) in [4.78, 5) is 0. The molecule has 0 heterocycles. The lowest BCUT2D eigenvalue weighted by molar-refractivity contribution is 0.0540. The average molecular weight is 424 g/mol. The molecule has 31 heavy (non-hydrogen) atoms. The summed E-state index contributed by atoms with van der Waals surface area (Å²) in [6, 6.07) is 19.0. The van der Waals surface area contributed by atoms with Crippen molar-refractivity contribution in [3.8, 4) is 28.7 Å². The molecule has 0 atom stereocenters. The van der Waals surface area contributed by atoms with Crippen molar-refractivity contribution in [2.75, 3.05) is 42.7 Å². The number of hydrogen-bond acceptors (Lipinski definition) is 6. The van der Waals surface area contributed by atoms with Crippen molar-refractivity contribution in [3.05, 3.63) is 77.4 Å². The molecule has 0 radical (unpaired) electrons. The zero-order valence-electron chi connectivity index (χ0n) is 18.7. The quantitative estimate of drug-likeness (QED) is 0.466. The second-order valence-electron chi connectivity index (χ2n) is 6.75. The van der Waals surface area contributed by atoms with Crippen LogP contribution in [-0.4, -0.2) is 42.7 Å². The van der Waals surface area contributed by atoms with E-state index < -0.39 is 5.60 Å². The third-order valence-corrected chi connectivity index (χ3v) is 5.38. The zero-order valence-corrected chi connectivity index (χ0v) is 18.7. The molecule has 0 aromatic heterocycles. The van der Waals surface area contributed by atoms with Crippen LogP contribution in [0.2, 0.25) is 0 Å². The average Bonchev–Trinajstić information content (AvgIpc) is 2.85. The van der Waals surface area contributed by atoms with E-state index in [0.29, 0.717) is 23.0 Å². The molecule has 0 N–H and O–H groups in total. The summed E-state index contributed by atoms with van der Waals surface area (Å²) < 4.78 is 34.0. The van der Waals surface area contributed by atoms with E-state index in [0.717, 1.165) is 22.4 Å². The van der Waals surface area contributed by atoms with Gasteiger partial charge in [-0.1, -0.05) is 12.1 Å². The van der Waals surface area contributed by atoms with Crippen LogP contribution in [0.15, 0.2) is 60.7 Å². The molecule has 6 heteroatoms. The van der Waals surface area contributed by atoms with Crippen LogP contribution in [0.5, 0.6) is 28.7 Å². The summed E-state index contributed by atoms with van der Waals surface area (Å²) in [7, 11) is 9.78. The fraction of sp³-hybridized carbons (Fsp3) is 0.280. The highest BCUT2D eigenvalue weighted by Gasteiger charge is 2.41. The van der Waals surface area contributed by atoms with Gasteiger partial charge in [0.2, 0.25) is 0 Å². The molecule has 3 aromatic carbocycles. The molecule has 0 unspecified atom stereocenters. The van der Waals surface area contributed by atoms with Crippen molar-refractivity contribution >= 4 is 0 Å². The summed E-state index contributed by atoms with van der Waals surface area (Å²) in [6.45, 7) is 0. The van der Waals surface area contributed by atoms with Crippen LogP contribution >= 0.6 is 0 Å². The molecule has 0 aliphatic heterocycles. The maximum atomic E-state index is 6.32. The molecule has 0 spiro atoms. The summed E-state index contributed by atoms with van der Waals surface area (Å²) in [5.41, 5.74) is 1.43. The molecule has 0 aliphatic rings. The lowest BCUT2D eigenvalue weighted by atomic mass is 9.79. The SMILES string of the molecule is COc1ccc(C(OC)(c2ccc(OC)cc2OC)c2ccc(OC)cc2OC)cc1. The first-order valence-corrected chi connectivity index (χ1v) is 9.72. The molecule has 3 rings (SSSR count). The first-order valence-electron chi connectivity index (χ1n) is 9.72. The standard InChI is InChI=1S/C25H28O6/c1-26-18-9-7-17(8-10-18)25(31-6,21-13-11-19(27-2)15-23(21)29-4)22-14-12-20(28-3)16-24(22)30-5/h7-16H,1-6H3. The predicted octanol–water partition coefficient (Wildman–Crippen LogP) is 4.67. The van der Waals surface area contributed by atoms with Crippen LogP contribution in [0.4, 0.5) is 0 Å². The Morgan fingerprint density at radius 1 is 0.484 bits per heavy atom. The number of ether oxygens (including phenoxy) is 6. The Balaban J connectivity index is 2.38. The minimum atomic E-state index is -1.04. The lowest BCUT2D eigenvalue weighted by Crippen LogP contribution is -2.32. The van der Waals surface area contributed by atoms with E-state index in [1.807, 2.05) is 60.7 Å². The van der Waals surface area contributed by atoms with Crippen molar-refractivity contribution in [2.24, 2.45) is 0 Å². The van der Waals surface area contributed by atoms with E-state index in [4.69, 9.17) is 28.4 Å². The van der Waals surface area contributed by atoms with Crippen LogP contribution in [-0.2, 0) is 10.3 Å². The van der Waals surface area contributed by atoms with Crippen molar-refractivity contribution < 1.29 is 28.4 Å². The molecule has 0 aliphatic carbocycles. The number of benzene rings is 3. The normalized spacial score (nSPS) is 11.0. The highest BCUT2D eigenvalue weighted by atomic mass is 16.5. The van der Waals surface area contributed by atoms with Crippen LogP contribution in [0, 0.1) is 0 Å². The second kappa shape index (κ2) is 9.62. The van der Waals surface area contributed by atoms with E-state index in [-0.39, 0.29) is 0 Å². The van der Waals surface area contributed by atoms with Gasteiger partial charge in [-0.25, -0.2) is 0 Å². The molecule has 6 nitrogen and oxygen atoms in total. The van der Waals surface area contributed by atoms with Gasteiger partial charge in [-0.2, -0.15) is 0 Å². The van der Waals surface area contributed by atoms with Crippen LogP contribution in [0.25, 0.3) is 0 Å². The van der Waals surface area contributed by atoms with Gasteiger partial charge in [0.15, 0.2) is 0 Å². The molecule has 3 aromatic rings. The van der Waals surface area contributed by atoms with Gasteiger partial charge in [-0.3, -0.25) is 0 Å². The minimum Gasteiger partial charge on any atom is -0.497 e. The van der Waals surface area contributed by atoms with E-state index >= 15 is 0 Å². The molecule has 0 fully saturated rings. The van der Waals surface area contributed by atoms with Crippen molar-refractivity contribution in [3.63, 3.8) is 0 Å². The van der Waals surface area contributed by atoms with Gasteiger partial charge in [-0.05, 0) is 42.0 Å². The molecule has 0 amide bonds. The summed E-state index contributed by atoms with van der Waals surface area (Å²) in [5.74, 6) is 3.35. The lowest BCUT2D eigenvalue weighted by Gasteiger charge is -2.36. The van der Waals surface area contributed by atoms with Gasteiger partial charge in [0.25, 0.3) is 0 Å². The van der Waals surface area contributed by atoms with Gasteiger partial charge >= 0.3 is 0 Å². The van der Waals surface area contributed by atoms with Crippen LogP contribution in [0.1, 0.15) is 16.7 Å². The van der Waals surface area contributed by atoms with Crippen molar-refractivity contribution in [1.29, 1.82) is 0 Å². The predicted molar refractivity (Wildman–Crippen MR) is 119 cm³/mol. The molecular formula is C25H28O6. The maximum absolute atomic E-state index is 6.32. The summed E-state index contributed by atoms with van der Waals surface area (Å²) >= 11 is 0. The molecular weight excluding hydrogens is 396 g/mol. The number of rotatable bonds is 9. The van der Waals surface area contributed by atoms with Gasteiger partial charge in [0, 0.05) is 30.4 Å². The molecule has 0 saturated carbocycles. The van der Waals surface area contributed by atoms with Crippen molar-refractivity contribution in [2.45, 2.75) is 5.60 Å². The van der Waals surface area contributed by atoms with E-state index in [9.17, 15) is 0 Å². The highest BCUT2D eigenvalue weighted by Crippen LogP contribution is 2.48.